The molecule has 0 aliphatic carbocycles. The quantitative estimate of drug-likeness (QED) is 0.243. The molecule has 1 aromatic rings. The summed E-state index contributed by atoms with van der Waals surface area (Å²) in [7, 11) is 1.83. The minimum Gasteiger partial charge on any atom is -0.425 e. The zero-order valence-corrected chi connectivity index (χ0v) is 14.5. The fourth-order valence-electron chi connectivity index (χ4n) is 2.04. The lowest BCUT2D eigenvalue weighted by Gasteiger charge is -2.28. The van der Waals surface area contributed by atoms with E-state index in [-0.39, 0.29) is 6.02 Å². The molecule has 1 aromatic carbocycles. The van der Waals surface area contributed by atoms with Crippen LogP contribution in [0.3, 0.4) is 0 Å². The number of alkyl halides is 1. The third kappa shape index (κ3) is 4.56. The first-order valence-electron chi connectivity index (χ1n) is 6.94. The van der Waals surface area contributed by atoms with Crippen LogP contribution in [0.15, 0.2) is 35.3 Å². The van der Waals surface area contributed by atoms with Gasteiger partial charge in [0.2, 0.25) is 6.19 Å². The molecular weight excluding hydrogens is 397 g/mol. The first-order chi connectivity index (χ1) is 10.7. The van der Waals surface area contributed by atoms with Gasteiger partial charge in [-0.3, -0.25) is 0 Å². The van der Waals surface area contributed by atoms with Crippen LogP contribution in [-0.4, -0.2) is 47.9 Å². The number of hydrogen-bond acceptors (Lipinski definition) is 5. The number of hydrogen-bond donors (Lipinski definition) is 0. The minimum atomic E-state index is -0.542. The number of aliphatic imine (C=N–C) groups is 1. The van der Waals surface area contributed by atoms with Crippen molar-refractivity contribution >= 4 is 28.6 Å². The highest BCUT2D eigenvalue weighted by atomic mass is 127. The molecular formula is C15H18IN3O3. The summed E-state index contributed by atoms with van der Waals surface area (Å²) in [5.74, 6) is 0.0968. The van der Waals surface area contributed by atoms with Crippen LogP contribution in [0.4, 0.5) is 0 Å². The number of ether oxygens (including phenoxy) is 3. The van der Waals surface area contributed by atoms with E-state index in [0.717, 1.165) is 4.43 Å². The van der Waals surface area contributed by atoms with Crippen molar-refractivity contribution in [1.29, 1.82) is 5.26 Å². The molecule has 7 heteroatoms. The second-order valence-electron chi connectivity index (χ2n) is 4.82. The molecule has 0 atom stereocenters. The van der Waals surface area contributed by atoms with Crippen LogP contribution in [-0.2, 0) is 9.47 Å². The van der Waals surface area contributed by atoms with Crippen molar-refractivity contribution in [3.05, 3.63) is 30.3 Å². The Hall–Kier alpha value is -1.37. The summed E-state index contributed by atoms with van der Waals surface area (Å²) in [5.41, 5.74) is 0. The van der Waals surface area contributed by atoms with Crippen molar-refractivity contribution < 1.29 is 14.2 Å². The van der Waals surface area contributed by atoms with Crippen molar-refractivity contribution in [1.82, 2.24) is 4.90 Å². The summed E-state index contributed by atoms with van der Waals surface area (Å²) >= 11 is 2.26. The van der Waals surface area contributed by atoms with Crippen LogP contribution in [0.1, 0.15) is 6.42 Å². The standard InChI is InChI=1S/C15H18IN3O3/c1-19(8-7-15(11-16)20-9-10-21-15)14(18-12-17)22-13-5-3-2-4-6-13/h2-6H,7-11H2,1H3. The SMILES string of the molecule is CN(CCC1(CI)OCCO1)C(=NC#N)Oc1ccccc1. The largest absolute Gasteiger partial charge is 0.425 e. The molecule has 1 aliphatic heterocycles. The number of para-hydroxylation sites is 1. The molecule has 1 aliphatic rings. The van der Waals surface area contributed by atoms with Crippen molar-refractivity contribution in [3.63, 3.8) is 0 Å². The van der Waals surface area contributed by atoms with Gasteiger partial charge in [0, 0.05) is 20.0 Å². The van der Waals surface area contributed by atoms with Crippen LogP contribution in [0.5, 0.6) is 5.75 Å². The Morgan fingerprint density at radius 1 is 1.41 bits per heavy atom. The van der Waals surface area contributed by atoms with E-state index >= 15 is 0 Å². The first-order valence-corrected chi connectivity index (χ1v) is 8.46. The lowest BCUT2D eigenvalue weighted by atomic mass is 10.2. The smallest absolute Gasteiger partial charge is 0.308 e. The molecule has 118 valence electrons. The van der Waals surface area contributed by atoms with E-state index in [1.807, 2.05) is 37.4 Å². The lowest BCUT2D eigenvalue weighted by molar-refractivity contribution is -0.141. The second-order valence-corrected chi connectivity index (χ2v) is 5.59. The molecule has 1 heterocycles. The summed E-state index contributed by atoms with van der Waals surface area (Å²) in [4.78, 5) is 5.54. The maximum atomic E-state index is 8.85. The molecule has 0 N–H and O–H groups in total. The van der Waals surface area contributed by atoms with Crippen molar-refractivity contribution in [2.75, 3.05) is 31.2 Å². The average Bonchev–Trinajstić information content (AvgIpc) is 3.03. The monoisotopic (exact) mass is 415 g/mol. The third-order valence-corrected chi connectivity index (χ3v) is 4.43. The molecule has 22 heavy (non-hydrogen) atoms. The summed E-state index contributed by atoms with van der Waals surface area (Å²) in [6.07, 6.45) is 2.45. The van der Waals surface area contributed by atoms with Crippen LogP contribution in [0.25, 0.3) is 0 Å². The predicted octanol–water partition coefficient (Wildman–Crippen LogP) is 2.40. The Kier molecular flexibility index (Phi) is 6.42. The van der Waals surface area contributed by atoms with Gasteiger partial charge < -0.3 is 19.1 Å². The number of amidine groups is 1. The van der Waals surface area contributed by atoms with E-state index in [9.17, 15) is 0 Å². The van der Waals surface area contributed by atoms with Crippen LogP contribution in [0, 0.1) is 11.5 Å². The summed E-state index contributed by atoms with van der Waals surface area (Å²) in [6, 6.07) is 9.52. The predicted molar refractivity (Wildman–Crippen MR) is 90.9 cm³/mol. The molecule has 0 unspecified atom stereocenters. The maximum Gasteiger partial charge on any atom is 0.308 e. The highest BCUT2D eigenvalue weighted by Gasteiger charge is 2.35. The summed E-state index contributed by atoms with van der Waals surface area (Å²) < 4.78 is 17.8. The Balaban J connectivity index is 1.97. The highest BCUT2D eigenvalue weighted by molar-refractivity contribution is 14.1. The topological polar surface area (TPSA) is 67.1 Å². The number of nitriles is 1. The van der Waals surface area contributed by atoms with Crippen LogP contribution >= 0.6 is 22.6 Å². The average molecular weight is 415 g/mol. The fraction of sp³-hybridized carbons (Fsp3) is 0.467. The Morgan fingerprint density at radius 2 is 2.09 bits per heavy atom. The molecule has 0 spiro atoms. The van der Waals surface area contributed by atoms with Gasteiger partial charge in [-0.05, 0) is 12.1 Å². The number of halogens is 1. The van der Waals surface area contributed by atoms with E-state index in [1.54, 1.807) is 11.1 Å². The molecule has 2 rings (SSSR count). The van der Waals surface area contributed by atoms with Gasteiger partial charge in [0.25, 0.3) is 0 Å². The van der Waals surface area contributed by atoms with Crippen molar-refractivity contribution in [3.8, 4) is 11.9 Å². The van der Waals surface area contributed by atoms with Gasteiger partial charge in [-0.15, -0.1) is 4.99 Å². The Labute approximate surface area is 143 Å². The second kappa shape index (κ2) is 8.31. The van der Waals surface area contributed by atoms with Gasteiger partial charge in [-0.25, -0.2) is 0 Å². The molecule has 0 bridgehead atoms. The Morgan fingerprint density at radius 3 is 2.68 bits per heavy atom. The van der Waals surface area contributed by atoms with Gasteiger partial charge in [0.05, 0.1) is 17.6 Å². The van der Waals surface area contributed by atoms with Gasteiger partial charge >= 0.3 is 6.02 Å². The van der Waals surface area contributed by atoms with Gasteiger partial charge in [0.15, 0.2) is 5.79 Å². The van der Waals surface area contributed by atoms with Gasteiger partial charge in [-0.2, -0.15) is 5.26 Å². The zero-order chi connectivity index (χ0) is 15.8. The zero-order valence-electron chi connectivity index (χ0n) is 12.4. The molecule has 0 aromatic heterocycles. The van der Waals surface area contributed by atoms with Crippen LogP contribution in [0.2, 0.25) is 0 Å². The van der Waals surface area contributed by atoms with E-state index < -0.39 is 5.79 Å². The molecule has 1 saturated heterocycles. The van der Waals surface area contributed by atoms with Crippen molar-refractivity contribution in [2.45, 2.75) is 12.2 Å². The molecule has 0 amide bonds. The van der Waals surface area contributed by atoms with Crippen molar-refractivity contribution in [2.24, 2.45) is 4.99 Å². The molecule has 0 saturated carbocycles. The maximum absolute atomic E-state index is 8.85. The highest BCUT2D eigenvalue weighted by Crippen LogP contribution is 2.26. The van der Waals surface area contributed by atoms with E-state index in [0.29, 0.717) is 31.9 Å². The van der Waals surface area contributed by atoms with E-state index in [4.69, 9.17) is 19.5 Å². The fourth-order valence-corrected chi connectivity index (χ4v) is 2.86. The summed E-state index contributed by atoms with van der Waals surface area (Å²) in [6.45, 7) is 1.84. The van der Waals surface area contributed by atoms with Crippen LogP contribution < -0.4 is 4.74 Å². The minimum absolute atomic E-state index is 0.260. The lowest BCUT2D eigenvalue weighted by Crippen LogP contribution is -2.39. The summed E-state index contributed by atoms with van der Waals surface area (Å²) in [5, 5.41) is 8.85. The molecule has 0 radical (unpaired) electrons. The normalized spacial score (nSPS) is 17.0. The number of rotatable bonds is 5. The molecule has 6 nitrogen and oxygen atoms in total. The van der Waals surface area contributed by atoms with E-state index in [2.05, 4.69) is 27.6 Å². The van der Waals surface area contributed by atoms with Gasteiger partial charge in [0.1, 0.15) is 5.75 Å². The molecule has 1 fully saturated rings. The first kappa shape index (κ1) is 17.0. The Bertz CT molecular complexity index is 539. The number of benzene rings is 1. The third-order valence-electron chi connectivity index (χ3n) is 3.27. The van der Waals surface area contributed by atoms with Gasteiger partial charge in [-0.1, -0.05) is 40.8 Å². The van der Waals surface area contributed by atoms with E-state index in [1.165, 1.54) is 0 Å². The number of nitrogens with zero attached hydrogens (tertiary/aromatic N) is 3.